The summed E-state index contributed by atoms with van der Waals surface area (Å²) >= 11 is 0. The smallest absolute Gasteiger partial charge is 0.337 e. The van der Waals surface area contributed by atoms with Gasteiger partial charge in [-0.1, -0.05) is 6.07 Å². The fourth-order valence-corrected chi connectivity index (χ4v) is 1.47. The highest BCUT2D eigenvalue weighted by molar-refractivity contribution is 5.95. The van der Waals surface area contributed by atoms with Crippen LogP contribution in [0.3, 0.4) is 0 Å². The average molecular weight is 289 g/mol. The number of nitrogens with zero attached hydrogens (tertiary/aromatic N) is 1. The van der Waals surface area contributed by atoms with Gasteiger partial charge in [0.15, 0.2) is 17.2 Å². The van der Waals surface area contributed by atoms with Gasteiger partial charge in [0.2, 0.25) is 0 Å². The molecule has 0 bridgehead atoms. The number of carbonyl (C=O) groups excluding carboxylic acids is 2. The lowest BCUT2D eigenvalue weighted by molar-refractivity contribution is -0.129. The molecule has 1 heterocycles. The Labute approximate surface area is 118 Å². The first-order chi connectivity index (χ1) is 9.97. The Morgan fingerprint density at radius 2 is 2.05 bits per heavy atom. The minimum Gasteiger partial charge on any atom is -0.504 e. The maximum absolute atomic E-state index is 11.6. The number of primary amides is 1. The quantitative estimate of drug-likeness (QED) is 0.368. The molecular weight excluding hydrogens is 278 g/mol. The molecule has 2 aromatic rings. The zero-order valence-electron chi connectivity index (χ0n) is 10.6. The first-order valence-electron chi connectivity index (χ1n) is 5.72. The number of benzene rings is 1. The van der Waals surface area contributed by atoms with Crippen LogP contribution in [0.2, 0.25) is 0 Å². The highest BCUT2D eigenvalue weighted by atomic mass is 16.5. The summed E-state index contributed by atoms with van der Waals surface area (Å²) in [5, 5.41) is 18.5. The van der Waals surface area contributed by atoms with Gasteiger partial charge in [-0.05, 0) is 23.8 Å². The molecule has 0 saturated heterocycles. The Balaban J connectivity index is 2.07. The van der Waals surface area contributed by atoms with Gasteiger partial charge in [-0.15, -0.1) is 0 Å². The lowest BCUT2D eigenvalue weighted by atomic mass is 10.2. The molecule has 21 heavy (non-hydrogen) atoms. The third-order valence-corrected chi connectivity index (χ3v) is 2.46. The molecule has 0 saturated carbocycles. The van der Waals surface area contributed by atoms with Crippen molar-refractivity contribution in [1.82, 2.24) is 9.97 Å². The molecule has 8 nitrogen and oxygen atoms in total. The fraction of sp³-hybridized carbons (Fsp3) is 0. The Kier molecular flexibility index (Phi) is 3.89. The first kappa shape index (κ1) is 14.1. The van der Waals surface area contributed by atoms with Crippen LogP contribution in [0.4, 0.5) is 0 Å². The van der Waals surface area contributed by atoms with E-state index in [1.54, 1.807) is 0 Å². The summed E-state index contributed by atoms with van der Waals surface area (Å²) in [6, 6.07) is 4.03. The van der Waals surface area contributed by atoms with E-state index < -0.39 is 11.9 Å². The minimum absolute atomic E-state index is 0.112. The standard InChI is InChI=1S/C13H11N3O5/c14-12(20)11-13(16-6-15-11)21-10(19)4-2-7-1-3-8(17)9(18)5-7/h1-6,17-18H,(H2,14,20)(H,15,16). The van der Waals surface area contributed by atoms with Crippen molar-refractivity contribution in [3.8, 4) is 17.4 Å². The minimum atomic E-state index is -0.803. The molecule has 0 unspecified atom stereocenters. The van der Waals surface area contributed by atoms with E-state index in [2.05, 4.69) is 9.97 Å². The summed E-state index contributed by atoms with van der Waals surface area (Å²) < 4.78 is 4.84. The van der Waals surface area contributed by atoms with Crippen molar-refractivity contribution < 1.29 is 24.5 Å². The maximum Gasteiger partial charge on any atom is 0.337 e. The van der Waals surface area contributed by atoms with Gasteiger partial charge in [-0.3, -0.25) is 4.79 Å². The highest BCUT2D eigenvalue weighted by Crippen LogP contribution is 2.25. The zero-order chi connectivity index (χ0) is 15.4. The van der Waals surface area contributed by atoms with Crippen LogP contribution in [-0.4, -0.2) is 32.1 Å². The van der Waals surface area contributed by atoms with Crippen molar-refractivity contribution in [3.05, 3.63) is 41.9 Å². The topological polar surface area (TPSA) is 139 Å². The van der Waals surface area contributed by atoms with Crippen LogP contribution >= 0.6 is 0 Å². The number of amides is 1. The normalized spacial score (nSPS) is 10.7. The van der Waals surface area contributed by atoms with Gasteiger partial charge >= 0.3 is 5.97 Å². The van der Waals surface area contributed by atoms with E-state index in [-0.39, 0.29) is 23.1 Å². The van der Waals surface area contributed by atoms with Crippen molar-refractivity contribution in [1.29, 1.82) is 0 Å². The number of aromatic hydroxyl groups is 2. The molecule has 0 aliphatic carbocycles. The van der Waals surface area contributed by atoms with Gasteiger partial charge in [0, 0.05) is 6.08 Å². The second-order valence-corrected chi connectivity index (χ2v) is 3.95. The molecule has 0 fully saturated rings. The Bertz CT molecular complexity index is 720. The number of imidazole rings is 1. The molecule has 5 N–H and O–H groups in total. The summed E-state index contributed by atoms with van der Waals surface area (Å²) in [5.41, 5.74) is 5.42. The van der Waals surface area contributed by atoms with Crippen LogP contribution in [-0.2, 0) is 4.79 Å². The SMILES string of the molecule is NC(=O)c1[nH]cnc1OC(=O)C=Cc1ccc(O)c(O)c1. The number of nitrogens with one attached hydrogen (secondary N) is 1. The van der Waals surface area contributed by atoms with Gasteiger partial charge in [0.25, 0.3) is 11.8 Å². The number of hydrogen-bond acceptors (Lipinski definition) is 6. The Morgan fingerprint density at radius 1 is 1.29 bits per heavy atom. The number of nitrogens with two attached hydrogens (primary N) is 1. The number of aromatic nitrogens is 2. The number of ether oxygens (including phenoxy) is 1. The molecule has 0 aliphatic heterocycles. The van der Waals surface area contributed by atoms with Gasteiger partial charge in [-0.2, -0.15) is 0 Å². The molecule has 1 amide bonds. The summed E-state index contributed by atoms with van der Waals surface area (Å²) in [4.78, 5) is 28.7. The first-order valence-corrected chi connectivity index (χ1v) is 5.72. The molecular formula is C13H11N3O5. The van der Waals surface area contributed by atoms with Crippen LogP contribution in [0.15, 0.2) is 30.6 Å². The van der Waals surface area contributed by atoms with E-state index in [1.165, 1.54) is 30.6 Å². The van der Waals surface area contributed by atoms with Crippen LogP contribution < -0.4 is 10.5 Å². The number of hydrogen-bond donors (Lipinski definition) is 4. The summed E-state index contributed by atoms with van der Waals surface area (Å²) in [6.45, 7) is 0. The summed E-state index contributed by atoms with van der Waals surface area (Å²) in [7, 11) is 0. The molecule has 8 heteroatoms. The third kappa shape index (κ3) is 3.38. The number of rotatable bonds is 4. The molecule has 1 aromatic heterocycles. The van der Waals surface area contributed by atoms with Crippen molar-refractivity contribution in [3.63, 3.8) is 0 Å². The number of phenols is 2. The number of carbonyl (C=O) groups is 2. The fourth-order valence-electron chi connectivity index (χ4n) is 1.47. The van der Waals surface area contributed by atoms with E-state index in [0.717, 1.165) is 6.08 Å². The lowest BCUT2D eigenvalue weighted by Gasteiger charge is -2.00. The third-order valence-electron chi connectivity index (χ3n) is 2.46. The van der Waals surface area contributed by atoms with Crippen molar-refractivity contribution in [2.24, 2.45) is 5.73 Å². The van der Waals surface area contributed by atoms with E-state index in [1.807, 2.05) is 0 Å². The van der Waals surface area contributed by atoms with Crippen LogP contribution in [0.5, 0.6) is 17.4 Å². The molecule has 1 aromatic carbocycles. The van der Waals surface area contributed by atoms with Crippen LogP contribution in [0.1, 0.15) is 16.1 Å². The van der Waals surface area contributed by atoms with E-state index in [4.69, 9.17) is 15.6 Å². The predicted molar refractivity (Wildman–Crippen MR) is 71.5 cm³/mol. The van der Waals surface area contributed by atoms with Gasteiger partial charge in [0.1, 0.15) is 0 Å². The van der Waals surface area contributed by atoms with E-state index >= 15 is 0 Å². The van der Waals surface area contributed by atoms with E-state index in [9.17, 15) is 14.7 Å². The average Bonchev–Trinajstić information content (AvgIpc) is 2.88. The Hall–Kier alpha value is -3.29. The van der Waals surface area contributed by atoms with Crippen molar-refractivity contribution in [2.45, 2.75) is 0 Å². The van der Waals surface area contributed by atoms with Gasteiger partial charge in [-0.25, -0.2) is 9.78 Å². The van der Waals surface area contributed by atoms with Crippen molar-refractivity contribution >= 4 is 18.0 Å². The number of phenolic OH excluding ortho intramolecular Hbond substituents is 2. The van der Waals surface area contributed by atoms with Crippen LogP contribution in [0, 0.1) is 0 Å². The monoisotopic (exact) mass is 289 g/mol. The van der Waals surface area contributed by atoms with E-state index in [0.29, 0.717) is 5.56 Å². The molecule has 0 aliphatic rings. The number of aromatic amines is 1. The second-order valence-electron chi connectivity index (χ2n) is 3.95. The number of H-pyrrole nitrogens is 1. The molecule has 0 spiro atoms. The van der Waals surface area contributed by atoms with Crippen LogP contribution in [0.25, 0.3) is 6.08 Å². The van der Waals surface area contributed by atoms with Gasteiger partial charge < -0.3 is 25.7 Å². The zero-order valence-corrected chi connectivity index (χ0v) is 10.6. The summed E-state index contributed by atoms with van der Waals surface area (Å²) in [5.74, 6) is -2.38. The Morgan fingerprint density at radius 3 is 2.71 bits per heavy atom. The maximum atomic E-state index is 11.6. The molecule has 0 radical (unpaired) electrons. The molecule has 2 rings (SSSR count). The molecule has 108 valence electrons. The van der Waals surface area contributed by atoms with Gasteiger partial charge in [0.05, 0.1) is 6.33 Å². The second kappa shape index (κ2) is 5.78. The van der Waals surface area contributed by atoms with Crippen molar-refractivity contribution in [2.75, 3.05) is 0 Å². The number of esters is 1. The largest absolute Gasteiger partial charge is 0.504 e. The predicted octanol–water partition coefficient (Wildman–Crippen LogP) is 0.539. The highest BCUT2D eigenvalue weighted by Gasteiger charge is 2.14. The lowest BCUT2D eigenvalue weighted by Crippen LogP contribution is -2.14. The summed E-state index contributed by atoms with van der Waals surface area (Å²) in [6.07, 6.45) is 3.60. The molecule has 0 atom stereocenters.